The van der Waals surface area contributed by atoms with Gasteiger partial charge in [0.2, 0.25) is 0 Å². The van der Waals surface area contributed by atoms with E-state index in [0.717, 1.165) is 37.9 Å². The summed E-state index contributed by atoms with van der Waals surface area (Å²) in [6.07, 6.45) is 5.93. The third-order valence-corrected chi connectivity index (χ3v) is 3.72. The fourth-order valence-electron chi connectivity index (χ4n) is 2.36. The lowest BCUT2D eigenvalue weighted by Gasteiger charge is -2.20. The average molecular weight is 345 g/mol. The molecule has 0 bridgehead atoms. The molecule has 0 saturated carbocycles. The van der Waals surface area contributed by atoms with E-state index in [4.69, 9.17) is 9.47 Å². The van der Waals surface area contributed by atoms with Crippen LogP contribution in [0.2, 0.25) is 0 Å². The molecule has 0 aromatic heterocycles. The summed E-state index contributed by atoms with van der Waals surface area (Å²) >= 11 is 0. The number of benzene rings is 1. The van der Waals surface area contributed by atoms with E-state index in [-0.39, 0.29) is 6.10 Å². The van der Waals surface area contributed by atoms with Gasteiger partial charge in [-0.2, -0.15) is 5.26 Å². The second kappa shape index (κ2) is 11.5. The Morgan fingerprint density at radius 2 is 2.04 bits per heavy atom. The van der Waals surface area contributed by atoms with Crippen molar-refractivity contribution in [3.63, 3.8) is 0 Å². The molecule has 0 aliphatic heterocycles. The highest BCUT2D eigenvalue weighted by Gasteiger charge is 2.15. The highest BCUT2D eigenvalue weighted by atomic mass is 16.5. The molecule has 0 saturated heterocycles. The predicted octanol–water partition coefficient (Wildman–Crippen LogP) is 4.45. The molecule has 0 aliphatic rings. The molecule has 0 N–H and O–H groups in total. The van der Waals surface area contributed by atoms with Crippen molar-refractivity contribution in [3.05, 3.63) is 23.3 Å². The zero-order chi connectivity index (χ0) is 18.7. The van der Waals surface area contributed by atoms with Gasteiger partial charge in [-0.15, -0.1) is 0 Å². The van der Waals surface area contributed by atoms with Crippen LogP contribution < -0.4 is 4.74 Å². The molecule has 0 heterocycles. The Labute approximate surface area is 152 Å². The zero-order valence-corrected chi connectivity index (χ0v) is 16.2. The fraction of sp³-hybridized carbons (Fsp3) is 0.600. The molecule has 0 amide bonds. The minimum atomic E-state index is 0.0553. The van der Waals surface area contributed by atoms with Crippen LogP contribution in [0.25, 0.3) is 0 Å². The fourth-order valence-corrected chi connectivity index (χ4v) is 2.36. The summed E-state index contributed by atoms with van der Waals surface area (Å²) < 4.78 is 11.9. The Bertz CT molecular complexity index is 583. The first-order valence-corrected chi connectivity index (χ1v) is 9.02. The average Bonchev–Trinajstić information content (AvgIpc) is 2.60. The molecule has 0 aliphatic carbocycles. The maximum atomic E-state index is 9.59. The number of nitrogens with zero attached hydrogens (tertiary/aromatic N) is 3. The van der Waals surface area contributed by atoms with Crippen LogP contribution >= 0.6 is 0 Å². The first-order valence-electron chi connectivity index (χ1n) is 9.02. The van der Waals surface area contributed by atoms with E-state index < -0.39 is 0 Å². The smallest absolute Gasteiger partial charge is 0.142 e. The van der Waals surface area contributed by atoms with Crippen LogP contribution in [0.5, 0.6) is 5.75 Å². The van der Waals surface area contributed by atoms with E-state index in [0.29, 0.717) is 23.6 Å². The SMILES string of the molecule is CCCCC(COc1c(C)ccc(N=CN(C)C)c1C#N)OCCC. The van der Waals surface area contributed by atoms with Gasteiger partial charge < -0.3 is 14.4 Å². The molecule has 138 valence electrons. The molecular formula is C20H31N3O2. The Morgan fingerprint density at radius 1 is 1.28 bits per heavy atom. The van der Waals surface area contributed by atoms with Gasteiger partial charge >= 0.3 is 0 Å². The Hall–Kier alpha value is -2.06. The van der Waals surface area contributed by atoms with Gasteiger partial charge in [-0.25, -0.2) is 4.99 Å². The number of hydrogen-bond acceptors (Lipinski definition) is 4. The molecule has 1 aromatic rings. The zero-order valence-electron chi connectivity index (χ0n) is 16.2. The molecular weight excluding hydrogens is 314 g/mol. The maximum absolute atomic E-state index is 9.59. The van der Waals surface area contributed by atoms with Crippen molar-refractivity contribution in [1.82, 2.24) is 4.90 Å². The Balaban J connectivity index is 2.94. The molecule has 5 nitrogen and oxygen atoms in total. The number of nitriles is 1. The highest BCUT2D eigenvalue weighted by molar-refractivity contribution is 5.69. The molecule has 1 aromatic carbocycles. The van der Waals surface area contributed by atoms with Crippen molar-refractivity contribution in [2.24, 2.45) is 4.99 Å². The van der Waals surface area contributed by atoms with Crippen molar-refractivity contribution in [3.8, 4) is 11.8 Å². The number of rotatable bonds is 11. The lowest BCUT2D eigenvalue weighted by atomic mass is 10.1. The number of hydrogen-bond donors (Lipinski definition) is 0. The lowest BCUT2D eigenvalue weighted by Crippen LogP contribution is -2.23. The topological polar surface area (TPSA) is 57.8 Å². The van der Waals surface area contributed by atoms with Gasteiger partial charge in [-0.05, 0) is 31.4 Å². The summed E-state index contributed by atoms with van der Waals surface area (Å²) in [4.78, 5) is 6.21. The normalized spacial score (nSPS) is 12.2. The van der Waals surface area contributed by atoms with Crippen LogP contribution in [-0.4, -0.2) is 44.7 Å². The lowest BCUT2D eigenvalue weighted by molar-refractivity contribution is 0.0141. The maximum Gasteiger partial charge on any atom is 0.142 e. The molecule has 0 radical (unpaired) electrons. The van der Waals surface area contributed by atoms with Crippen molar-refractivity contribution in [2.75, 3.05) is 27.3 Å². The standard InChI is InChI=1S/C20H31N3O2/c1-6-8-9-17(24-12-7-2)14-25-20-16(3)10-11-19(18(20)13-21)22-15-23(4)5/h10-11,15,17H,6-9,12,14H2,1-5H3. The van der Waals surface area contributed by atoms with Gasteiger partial charge in [0.05, 0.1) is 18.1 Å². The first-order chi connectivity index (χ1) is 12.0. The van der Waals surface area contributed by atoms with E-state index >= 15 is 0 Å². The number of aliphatic imine (C=N–C) groups is 1. The Morgan fingerprint density at radius 3 is 2.64 bits per heavy atom. The number of ether oxygens (including phenoxy) is 2. The molecule has 0 fully saturated rings. The van der Waals surface area contributed by atoms with E-state index in [9.17, 15) is 5.26 Å². The van der Waals surface area contributed by atoms with Crippen molar-refractivity contribution < 1.29 is 9.47 Å². The summed E-state index contributed by atoms with van der Waals surface area (Å²) in [5.41, 5.74) is 2.03. The van der Waals surface area contributed by atoms with Crippen LogP contribution in [0.15, 0.2) is 17.1 Å². The summed E-state index contributed by atoms with van der Waals surface area (Å²) in [6, 6.07) is 6.03. The van der Waals surface area contributed by atoms with Crippen molar-refractivity contribution >= 4 is 12.0 Å². The van der Waals surface area contributed by atoms with Crippen LogP contribution in [0, 0.1) is 18.3 Å². The largest absolute Gasteiger partial charge is 0.489 e. The first kappa shape index (κ1) is 21.0. The van der Waals surface area contributed by atoms with E-state index in [1.54, 1.807) is 6.34 Å². The van der Waals surface area contributed by atoms with E-state index in [2.05, 4.69) is 24.9 Å². The van der Waals surface area contributed by atoms with Gasteiger partial charge in [0.1, 0.15) is 24.0 Å². The molecule has 1 rings (SSSR count). The van der Waals surface area contributed by atoms with Gasteiger partial charge in [0.25, 0.3) is 0 Å². The summed E-state index contributed by atoms with van der Waals surface area (Å²) in [6.45, 7) is 7.40. The summed E-state index contributed by atoms with van der Waals surface area (Å²) in [5.74, 6) is 0.609. The predicted molar refractivity (Wildman–Crippen MR) is 103 cm³/mol. The van der Waals surface area contributed by atoms with Crippen LogP contribution in [0.4, 0.5) is 5.69 Å². The number of aryl methyl sites for hydroxylation is 1. The van der Waals surface area contributed by atoms with Crippen LogP contribution in [0.1, 0.15) is 50.7 Å². The molecule has 25 heavy (non-hydrogen) atoms. The molecule has 5 heteroatoms. The molecule has 1 atom stereocenters. The minimum absolute atomic E-state index is 0.0553. The minimum Gasteiger partial charge on any atom is -0.489 e. The van der Waals surface area contributed by atoms with Crippen LogP contribution in [0.3, 0.4) is 0 Å². The number of unbranched alkanes of at least 4 members (excludes halogenated alkanes) is 1. The second-order valence-corrected chi connectivity index (χ2v) is 6.37. The molecule has 0 spiro atoms. The van der Waals surface area contributed by atoms with E-state index in [1.807, 2.05) is 38.1 Å². The van der Waals surface area contributed by atoms with Crippen molar-refractivity contribution in [1.29, 1.82) is 5.26 Å². The quantitative estimate of drug-likeness (QED) is 0.439. The van der Waals surface area contributed by atoms with E-state index in [1.165, 1.54) is 0 Å². The monoisotopic (exact) mass is 345 g/mol. The second-order valence-electron chi connectivity index (χ2n) is 6.37. The van der Waals surface area contributed by atoms with Gasteiger partial charge in [-0.3, -0.25) is 0 Å². The van der Waals surface area contributed by atoms with Gasteiger partial charge in [0, 0.05) is 20.7 Å². The van der Waals surface area contributed by atoms with Crippen LogP contribution in [-0.2, 0) is 4.74 Å². The van der Waals surface area contributed by atoms with Gasteiger partial charge in [-0.1, -0.05) is 32.8 Å². The third kappa shape index (κ3) is 7.15. The summed E-state index contributed by atoms with van der Waals surface area (Å²) in [7, 11) is 3.79. The third-order valence-electron chi connectivity index (χ3n) is 3.72. The highest BCUT2D eigenvalue weighted by Crippen LogP contribution is 2.31. The van der Waals surface area contributed by atoms with Gasteiger partial charge in [0.15, 0.2) is 0 Å². The molecule has 1 unspecified atom stereocenters. The Kier molecular flexibility index (Phi) is 9.64. The summed E-state index contributed by atoms with van der Waals surface area (Å²) in [5, 5.41) is 9.59. The van der Waals surface area contributed by atoms with Crippen molar-refractivity contribution in [2.45, 2.75) is 52.6 Å².